The summed E-state index contributed by atoms with van der Waals surface area (Å²) in [5.41, 5.74) is 3.12. The number of benzene rings is 2. The van der Waals surface area contributed by atoms with Gasteiger partial charge in [0.2, 0.25) is 15.9 Å². The number of fused-ring (bicyclic) bond motifs is 1. The van der Waals surface area contributed by atoms with Crippen molar-refractivity contribution in [3.05, 3.63) is 65.2 Å². The molecule has 2 aromatic carbocycles. The summed E-state index contributed by atoms with van der Waals surface area (Å²) in [5.74, 6) is -0.486. The first-order valence-electron chi connectivity index (χ1n) is 11.1. The lowest BCUT2D eigenvalue weighted by Crippen LogP contribution is -2.42. The molecule has 1 unspecified atom stereocenters. The number of hydrogen-bond acceptors (Lipinski definition) is 5. The van der Waals surface area contributed by atoms with Crippen molar-refractivity contribution in [2.24, 2.45) is 0 Å². The Balaban J connectivity index is 1.46. The zero-order valence-electron chi connectivity index (χ0n) is 18.7. The largest absolute Gasteiger partial charge is 0.378 e. The van der Waals surface area contributed by atoms with Gasteiger partial charge in [0.25, 0.3) is 5.91 Å². The topological polar surface area (TPSA) is 96.0 Å². The van der Waals surface area contributed by atoms with Gasteiger partial charge in [-0.2, -0.15) is 0 Å². The van der Waals surface area contributed by atoms with E-state index in [1.807, 2.05) is 18.2 Å². The minimum absolute atomic E-state index is 0.121. The van der Waals surface area contributed by atoms with Crippen LogP contribution in [0.1, 0.15) is 40.4 Å². The van der Waals surface area contributed by atoms with Gasteiger partial charge < -0.3 is 15.0 Å². The Morgan fingerprint density at radius 1 is 1.09 bits per heavy atom. The van der Waals surface area contributed by atoms with Crippen molar-refractivity contribution in [1.29, 1.82) is 0 Å². The number of anilines is 1. The van der Waals surface area contributed by atoms with E-state index in [2.05, 4.69) is 11.4 Å². The molecule has 1 fully saturated rings. The Morgan fingerprint density at radius 3 is 2.48 bits per heavy atom. The van der Waals surface area contributed by atoms with Crippen molar-refractivity contribution in [3.8, 4) is 0 Å². The van der Waals surface area contributed by atoms with E-state index in [-0.39, 0.29) is 24.4 Å². The molecule has 4 rings (SSSR count). The molecular formula is C24H29N3O5S. The zero-order valence-corrected chi connectivity index (χ0v) is 19.5. The van der Waals surface area contributed by atoms with Gasteiger partial charge in [-0.1, -0.05) is 24.3 Å². The predicted molar refractivity (Wildman–Crippen MR) is 126 cm³/mol. The van der Waals surface area contributed by atoms with Crippen LogP contribution in [0.5, 0.6) is 0 Å². The summed E-state index contributed by atoms with van der Waals surface area (Å²) in [5, 5.41) is 3.00. The van der Waals surface area contributed by atoms with Crippen LogP contribution in [0.15, 0.2) is 48.5 Å². The van der Waals surface area contributed by atoms with Gasteiger partial charge in [0.05, 0.1) is 31.2 Å². The van der Waals surface area contributed by atoms with Crippen LogP contribution in [-0.2, 0) is 26.0 Å². The molecule has 1 heterocycles. The highest BCUT2D eigenvalue weighted by atomic mass is 32.2. The van der Waals surface area contributed by atoms with E-state index < -0.39 is 10.0 Å². The molecule has 2 aromatic rings. The average Bonchev–Trinajstić information content (AvgIpc) is 2.82. The van der Waals surface area contributed by atoms with Gasteiger partial charge in [-0.25, -0.2) is 8.42 Å². The second-order valence-corrected chi connectivity index (χ2v) is 10.3. The molecule has 0 spiro atoms. The third kappa shape index (κ3) is 5.54. The molecule has 33 heavy (non-hydrogen) atoms. The van der Waals surface area contributed by atoms with Gasteiger partial charge in [0.15, 0.2) is 0 Å². The van der Waals surface area contributed by atoms with E-state index in [4.69, 9.17) is 4.74 Å². The molecule has 0 saturated carbocycles. The molecule has 1 saturated heterocycles. The molecule has 0 bridgehead atoms. The Labute approximate surface area is 194 Å². The number of amides is 2. The van der Waals surface area contributed by atoms with E-state index in [9.17, 15) is 18.0 Å². The van der Waals surface area contributed by atoms with Crippen molar-refractivity contribution in [1.82, 2.24) is 10.2 Å². The van der Waals surface area contributed by atoms with Crippen molar-refractivity contribution in [2.75, 3.05) is 43.4 Å². The van der Waals surface area contributed by atoms with Crippen LogP contribution < -0.4 is 9.62 Å². The Morgan fingerprint density at radius 2 is 1.79 bits per heavy atom. The lowest BCUT2D eigenvalue weighted by atomic mass is 9.88. The first-order chi connectivity index (χ1) is 15.8. The molecular weight excluding hydrogens is 442 g/mol. The summed E-state index contributed by atoms with van der Waals surface area (Å²) < 4.78 is 31.3. The Hall–Kier alpha value is -2.91. The summed E-state index contributed by atoms with van der Waals surface area (Å²) >= 11 is 0. The fourth-order valence-corrected chi connectivity index (χ4v) is 5.25. The minimum atomic E-state index is -3.71. The van der Waals surface area contributed by atoms with Gasteiger partial charge in [-0.05, 0) is 54.7 Å². The predicted octanol–water partition coefficient (Wildman–Crippen LogP) is 2.12. The highest BCUT2D eigenvalue weighted by Gasteiger charge is 2.26. The molecule has 1 atom stereocenters. The fraction of sp³-hybridized carbons (Fsp3) is 0.417. The normalized spacial score (nSPS) is 18.3. The summed E-state index contributed by atoms with van der Waals surface area (Å²) in [4.78, 5) is 27.2. The molecule has 0 aromatic heterocycles. The molecule has 1 N–H and O–H groups in total. The SMILES string of the molecule is CS(=O)(=O)N(CC(=O)NC1CCCc2ccccc21)c1ccc(C(=O)N2CCOCC2)cc1. The number of nitrogens with zero attached hydrogens (tertiary/aromatic N) is 2. The van der Waals surface area contributed by atoms with Gasteiger partial charge in [0, 0.05) is 18.7 Å². The van der Waals surface area contributed by atoms with E-state index in [0.29, 0.717) is 37.6 Å². The number of morpholine rings is 1. The van der Waals surface area contributed by atoms with Crippen molar-refractivity contribution < 1.29 is 22.7 Å². The van der Waals surface area contributed by atoms with E-state index >= 15 is 0 Å². The molecule has 2 amide bonds. The maximum Gasteiger partial charge on any atom is 0.254 e. The number of carbonyl (C=O) groups excluding carboxylic acids is 2. The number of hydrogen-bond donors (Lipinski definition) is 1. The molecule has 1 aliphatic carbocycles. The summed E-state index contributed by atoms with van der Waals surface area (Å²) in [6.45, 7) is 1.74. The third-order valence-corrected chi connectivity index (χ3v) is 7.23. The van der Waals surface area contributed by atoms with Crippen molar-refractivity contribution >= 4 is 27.5 Å². The number of aryl methyl sites for hydroxylation is 1. The molecule has 8 nitrogen and oxygen atoms in total. The fourth-order valence-electron chi connectivity index (χ4n) is 4.39. The maximum absolute atomic E-state index is 12.8. The van der Waals surface area contributed by atoms with Gasteiger partial charge in [0.1, 0.15) is 6.54 Å². The van der Waals surface area contributed by atoms with E-state index in [1.165, 1.54) is 5.56 Å². The summed E-state index contributed by atoms with van der Waals surface area (Å²) in [7, 11) is -3.71. The second kappa shape index (κ2) is 9.93. The van der Waals surface area contributed by atoms with Crippen LogP contribution in [-0.4, -0.2) is 64.2 Å². The quantitative estimate of drug-likeness (QED) is 0.696. The standard InChI is InChI=1S/C24H29N3O5S/c1-33(30,31)27(17-23(28)25-22-8-4-6-18-5-2-3-7-21(18)22)20-11-9-19(10-12-20)24(29)26-13-15-32-16-14-26/h2-3,5,7,9-12,22H,4,6,8,13-17H2,1H3,(H,25,28). The molecule has 9 heteroatoms. The van der Waals surface area contributed by atoms with Crippen LogP contribution >= 0.6 is 0 Å². The van der Waals surface area contributed by atoms with Gasteiger partial charge in [-0.15, -0.1) is 0 Å². The smallest absolute Gasteiger partial charge is 0.254 e. The van der Waals surface area contributed by atoms with Gasteiger partial charge >= 0.3 is 0 Å². The van der Waals surface area contributed by atoms with Crippen LogP contribution in [0.2, 0.25) is 0 Å². The van der Waals surface area contributed by atoms with Gasteiger partial charge in [-0.3, -0.25) is 13.9 Å². The molecule has 176 valence electrons. The van der Waals surface area contributed by atoms with Crippen molar-refractivity contribution in [3.63, 3.8) is 0 Å². The monoisotopic (exact) mass is 471 g/mol. The lowest BCUT2D eigenvalue weighted by Gasteiger charge is -2.28. The highest BCUT2D eigenvalue weighted by Crippen LogP contribution is 2.29. The van der Waals surface area contributed by atoms with Crippen LogP contribution in [0.4, 0.5) is 5.69 Å². The summed E-state index contributed by atoms with van der Waals surface area (Å²) in [6, 6.07) is 14.2. The average molecular weight is 472 g/mol. The first-order valence-corrected chi connectivity index (χ1v) is 13.0. The maximum atomic E-state index is 12.8. The van der Waals surface area contributed by atoms with Crippen LogP contribution in [0.25, 0.3) is 0 Å². The number of nitrogens with one attached hydrogen (secondary N) is 1. The second-order valence-electron chi connectivity index (χ2n) is 8.43. The van der Waals surface area contributed by atoms with Crippen molar-refractivity contribution in [2.45, 2.75) is 25.3 Å². The number of carbonyl (C=O) groups is 2. The number of sulfonamides is 1. The lowest BCUT2D eigenvalue weighted by molar-refractivity contribution is -0.120. The molecule has 0 radical (unpaired) electrons. The van der Waals surface area contributed by atoms with Crippen LogP contribution in [0, 0.1) is 0 Å². The molecule has 2 aliphatic rings. The number of rotatable bonds is 6. The third-order valence-electron chi connectivity index (χ3n) is 6.09. The zero-order chi connectivity index (χ0) is 23.4. The Kier molecular flexibility index (Phi) is 6.99. The van der Waals surface area contributed by atoms with E-state index in [1.54, 1.807) is 29.2 Å². The minimum Gasteiger partial charge on any atom is -0.378 e. The first kappa shape index (κ1) is 23.3. The van der Waals surface area contributed by atoms with E-state index in [0.717, 1.165) is 35.4 Å². The Bertz CT molecular complexity index is 1110. The highest BCUT2D eigenvalue weighted by molar-refractivity contribution is 7.92. The van der Waals surface area contributed by atoms with Crippen LogP contribution in [0.3, 0.4) is 0 Å². The molecule has 1 aliphatic heterocycles. The summed E-state index contributed by atoms with van der Waals surface area (Å²) in [6.07, 6.45) is 3.84. The number of ether oxygens (including phenoxy) is 1.